The first kappa shape index (κ1) is 16.9. The molecule has 2 amide bonds. The zero-order chi connectivity index (χ0) is 16.9. The van der Waals surface area contributed by atoms with Crippen molar-refractivity contribution in [3.8, 4) is 0 Å². The SMILES string of the molecule is O=C1CCCCCN1CCC(=O)N1CCCC1c1ccc(F)cc1. The fourth-order valence-electron chi connectivity index (χ4n) is 3.75. The van der Waals surface area contributed by atoms with Crippen LogP contribution in [0.3, 0.4) is 0 Å². The maximum Gasteiger partial charge on any atom is 0.224 e. The van der Waals surface area contributed by atoms with Gasteiger partial charge in [0.1, 0.15) is 5.82 Å². The van der Waals surface area contributed by atoms with Gasteiger partial charge in [-0.2, -0.15) is 0 Å². The number of likely N-dealkylation sites (tertiary alicyclic amines) is 2. The lowest BCUT2D eigenvalue weighted by Crippen LogP contribution is -2.36. The summed E-state index contributed by atoms with van der Waals surface area (Å²) in [7, 11) is 0. The molecule has 1 atom stereocenters. The van der Waals surface area contributed by atoms with Crippen molar-refractivity contribution in [3.63, 3.8) is 0 Å². The number of rotatable bonds is 4. The van der Waals surface area contributed by atoms with E-state index in [1.54, 1.807) is 12.1 Å². The second-order valence-corrected chi connectivity index (χ2v) is 6.74. The van der Waals surface area contributed by atoms with E-state index >= 15 is 0 Å². The molecule has 1 aromatic rings. The van der Waals surface area contributed by atoms with E-state index < -0.39 is 0 Å². The number of amides is 2. The Bertz CT molecular complexity index is 588. The molecule has 2 heterocycles. The summed E-state index contributed by atoms with van der Waals surface area (Å²) in [6.07, 6.45) is 5.95. The molecule has 2 aliphatic heterocycles. The van der Waals surface area contributed by atoms with Crippen molar-refractivity contribution >= 4 is 11.8 Å². The van der Waals surface area contributed by atoms with Gasteiger partial charge in [0.15, 0.2) is 0 Å². The van der Waals surface area contributed by atoms with Crippen molar-refractivity contribution in [1.82, 2.24) is 9.80 Å². The van der Waals surface area contributed by atoms with Gasteiger partial charge in [-0.25, -0.2) is 4.39 Å². The molecule has 5 heteroatoms. The Kier molecular flexibility index (Phi) is 5.48. The normalized spacial score (nSPS) is 21.9. The van der Waals surface area contributed by atoms with Crippen LogP contribution in [0, 0.1) is 5.82 Å². The third kappa shape index (κ3) is 3.94. The molecule has 1 unspecified atom stereocenters. The van der Waals surface area contributed by atoms with E-state index in [1.165, 1.54) is 12.1 Å². The summed E-state index contributed by atoms with van der Waals surface area (Å²) < 4.78 is 13.1. The number of carbonyl (C=O) groups is 2. The fraction of sp³-hybridized carbons (Fsp3) is 0.579. The molecule has 0 saturated carbocycles. The summed E-state index contributed by atoms with van der Waals surface area (Å²) >= 11 is 0. The molecule has 0 aliphatic carbocycles. The summed E-state index contributed by atoms with van der Waals surface area (Å²) in [5, 5.41) is 0. The molecule has 0 radical (unpaired) electrons. The number of nitrogens with zero attached hydrogens (tertiary/aromatic N) is 2. The summed E-state index contributed by atoms with van der Waals surface area (Å²) in [4.78, 5) is 28.4. The molecule has 0 bridgehead atoms. The molecule has 24 heavy (non-hydrogen) atoms. The monoisotopic (exact) mass is 332 g/mol. The van der Waals surface area contributed by atoms with Crippen molar-refractivity contribution in [2.75, 3.05) is 19.6 Å². The Hall–Kier alpha value is -1.91. The van der Waals surface area contributed by atoms with E-state index in [0.29, 0.717) is 19.4 Å². The number of benzene rings is 1. The molecular formula is C19H25FN2O2. The van der Waals surface area contributed by atoms with Gasteiger partial charge in [0.05, 0.1) is 6.04 Å². The zero-order valence-electron chi connectivity index (χ0n) is 14.0. The average Bonchev–Trinajstić information content (AvgIpc) is 2.98. The molecule has 0 aromatic heterocycles. The quantitative estimate of drug-likeness (QED) is 0.849. The van der Waals surface area contributed by atoms with Gasteiger partial charge in [0, 0.05) is 32.5 Å². The second kappa shape index (κ2) is 7.77. The minimum atomic E-state index is -0.255. The minimum absolute atomic E-state index is 0.0398. The first-order chi connectivity index (χ1) is 11.6. The highest BCUT2D eigenvalue weighted by molar-refractivity contribution is 5.79. The van der Waals surface area contributed by atoms with Gasteiger partial charge in [-0.1, -0.05) is 18.6 Å². The second-order valence-electron chi connectivity index (χ2n) is 6.74. The van der Waals surface area contributed by atoms with E-state index in [0.717, 1.165) is 50.8 Å². The van der Waals surface area contributed by atoms with Gasteiger partial charge in [-0.15, -0.1) is 0 Å². The van der Waals surface area contributed by atoms with E-state index in [4.69, 9.17) is 0 Å². The van der Waals surface area contributed by atoms with Gasteiger partial charge in [-0.3, -0.25) is 9.59 Å². The van der Waals surface area contributed by atoms with Crippen LogP contribution in [0.2, 0.25) is 0 Å². The topological polar surface area (TPSA) is 40.6 Å². The van der Waals surface area contributed by atoms with Crippen LogP contribution in [-0.4, -0.2) is 41.2 Å². The molecule has 3 rings (SSSR count). The Balaban J connectivity index is 1.59. The van der Waals surface area contributed by atoms with Crippen molar-refractivity contribution < 1.29 is 14.0 Å². The van der Waals surface area contributed by atoms with Gasteiger partial charge >= 0.3 is 0 Å². The largest absolute Gasteiger partial charge is 0.342 e. The van der Waals surface area contributed by atoms with Crippen LogP contribution in [0.1, 0.15) is 56.6 Å². The first-order valence-electron chi connectivity index (χ1n) is 8.98. The Morgan fingerprint density at radius 2 is 1.88 bits per heavy atom. The lowest BCUT2D eigenvalue weighted by Gasteiger charge is -2.27. The van der Waals surface area contributed by atoms with Gasteiger partial charge in [-0.05, 0) is 43.4 Å². The zero-order valence-corrected chi connectivity index (χ0v) is 14.0. The first-order valence-corrected chi connectivity index (χ1v) is 8.98. The van der Waals surface area contributed by atoms with Gasteiger partial charge < -0.3 is 9.80 Å². The molecule has 2 fully saturated rings. The highest BCUT2D eigenvalue weighted by Gasteiger charge is 2.30. The van der Waals surface area contributed by atoms with Crippen molar-refractivity contribution in [2.24, 2.45) is 0 Å². The van der Waals surface area contributed by atoms with Crippen LogP contribution >= 0.6 is 0 Å². The summed E-state index contributed by atoms with van der Waals surface area (Å²) in [5.41, 5.74) is 0.994. The van der Waals surface area contributed by atoms with Crippen LogP contribution in [0.5, 0.6) is 0 Å². The van der Waals surface area contributed by atoms with Crippen molar-refractivity contribution in [3.05, 3.63) is 35.6 Å². The maximum atomic E-state index is 13.1. The summed E-state index contributed by atoms with van der Waals surface area (Å²) in [6.45, 7) is 2.03. The van der Waals surface area contributed by atoms with Crippen molar-refractivity contribution in [1.29, 1.82) is 0 Å². The molecule has 0 N–H and O–H groups in total. The number of hydrogen-bond acceptors (Lipinski definition) is 2. The molecule has 1 aromatic carbocycles. The lowest BCUT2D eigenvalue weighted by atomic mass is 10.0. The number of halogens is 1. The van der Waals surface area contributed by atoms with Crippen molar-refractivity contribution in [2.45, 2.75) is 51.0 Å². The smallest absolute Gasteiger partial charge is 0.224 e. The standard InChI is InChI=1S/C19H25FN2O2/c20-16-9-7-15(8-10-16)17-5-4-13-22(17)19(24)11-14-21-12-3-1-2-6-18(21)23/h7-10,17H,1-6,11-14H2. The Morgan fingerprint density at radius 3 is 2.67 bits per heavy atom. The molecule has 2 saturated heterocycles. The highest BCUT2D eigenvalue weighted by Crippen LogP contribution is 2.32. The van der Waals surface area contributed by atoms with Crippen LogP contribution < -0.4 is 0 Å². The fourth-order valence-corrected chi connectivity index (χ4v) is 3.75. The minimum Gasteiger partial charge on any atom is -0.342 e. The lowest BCUT2D eigenvalue weighted by molar-refractivity contribution is -0.134. The van der Waals surface area contributed by atoms with E-state index in [-0.39, 0.29) is 23.7 Å². The van der Waals surface area contributed by atoms with Gasteiger partial charge in [0.2, 0.25) is 11.8 Å². The third-order valence-electron chi connectivity index (χ3n) is 5.09. The number of carbonyl (C=O) groups excluding carboxylic acids is 2. The molecule has 2 aliphatic rings. The van der Waals surface area contributed by atoms with E-state index in [9.17, 15) is 14.0 Å². The van der Waals surface area contributed by atoms with Gasteiger partial charge in [0.25, 0.3) is 0 Å². The summed E-state index contributed by atoms with van der Waals surface area (Å²) in [5.74, 6) is 0.0185. The summed E-state index contributed by atoms with van der Waals surface area (Å²) in [6, 6.07) is 6.48. The predicted molar refractivity (Wildman–Crippen MR) is 89.8 cm³/mol. The Morgan fingerprint density at radius 1 is 1.08 bits per heavy atom. The number of hydrogen-bond donors (Lipinski definition) is 0. The molecule has 0 spiro atoms. The van der Waals surface area contributed by atoms with Crippen LogP contribution in [0.25, 0.3) is 0 Å². The average molecular weight is 332 g/mol. The molecule has 130 valence electrons. The van der Waals surface area contributed by atoms with Crippen LogP contribution in [0.15, 0.2) is 24.3 Å². The third-order valence-corrected chi connectivity index (χ3v) is 5.09. The van der Waals surface area contributed by atoms with E-state index in [2.05, 4.69) is 0 Å². The maximum absolute atomic E-state index is 13.1. The van der Waals surface area contributed by atoms with E-state index in [1.807, 2.05) is 9.80 Å². The molecule has 4 nitrogen and oxygen atoms in total. The van der Waals surface area contributed by atoms with Crippen LogP contribution in [0.4, 0.5) is 4.39 Å². The van der Waals surface area contributed by atoms with Crippen LogP contribution in [-0.2, 0) is 9.59 Å². The molecular weight excluding hydrogens is 307 g/mol. The highest BCUT2D eigenvalue weighted by atomic mass is 19.1. The predicted octanol–water partition coefficient (Wildman–Crippen LogP) is 3.28. The Labute approximate surface area is 142 Å².